The number of unbranched alkanes of at least 4 members (excludes halogenated alkanes) is 4. The van der Waals surface area contributed by atoms with E-state index in [1.807, 2.05) is 89.8 Å². The molecule has 0 aliphatic carbocycles. The summed E-state index contributed by atoms with van der Waals surface area (Å²) in [6, 6.07) is 31.6. The number of urea groups is 1. The van der Waals surface area contributed by atoms with E-state index in [2.05, 4.69) is 17.6 Å². The molecule has 9 nitrogen and oxygen atoms in total. The van der Waals surface area contributed by atoms with E-state index in [1.54, 1.807) is 37.1 Å². The number of ether oxygens (including phenoxy) is 1. The van der Waals surface area contributed by atoms with E-state index in [-0.39, 0.29) is 29.6 Å². The summed E-state index contributed by atoms with van der Waals surface area (Å²) in [6.45, 7) is 5.89. The molecular formula is C45H54N4O5. The van der Waals surface area contributed by atoms with Crippen LogP contribution in [-0.2, 0) is 20.7 Å². The summed E-state index contributed by atoms with van der Waals surface area (Å²) in [5, 5.41) is 6.49. The fourth-order valence-corrected chi connectivity index (χ4v) is 6.88. The van der Waals surface area contributed by atoms with Gasteiger partial charge in [0.1, 0.15) is 6.04 Å². The average Bonchev–Trinajstić information content (AvgIpc) is 3.22. The summed E-state index contributed by atoms with van der Waals surface area (Å²) in [4.78, 5) is 56.6. The van der Waals surface area contributed by atoms with Crippen LogP contribution in [0.3, 0.4) is 0 Å². The Hall–Kier alpha value is -5.44. The van der Waals surface area contributed by atoms with Gasteiger partial charge in [-0.05, 0) is 67.1 Å². The van der Waals surface area contributed by atoms with Gasteiger partial charge >= 0.3 is 12.0 Å². The number of likely N-dealkylation sites (tertiary alicyclic amines) is 1. The van der Waals surface area contributed by atoms with Gasteiger partial charge in [-0.25, -0.2) is 4.79 Å². The largest absolute Gasteiger partial charge is 0.466 e. The number of anilines is 2. The van der Waals surface area contributed by atoms with Crippen molar-refractivity contribution in [2.45, 2.75) is 71.3 Å². The summed E-state index contributed by atoms with van der Waals surface area (Å²) >= 11 is 0. The maximum atomic E-state index is 14.3. The molecule has 0 spiro atoms. The number of ketones is 1. The van der Waals surface area contributed by atoms with Crippen LogP contribution >= 0.6 is 0 Å². The second kappa shape index (κ2) is 20.1. The molecule has 0 aromatic heterocycles. The van der Waals surface area contributed by atoms with Gasteiger partial charge in [0.05, 0.1) is 12.5 Å². The van der Waals surface area contributed by atoms with Gasteiger partial charge in [-0.1, -0.05) is 111 Å². The van der Waals surface area contributed by atoms with Crippen molar-refractivity contribution >= 4 is 35.1 Å². The fourth-order valence-electron chi connectivity index (χ4n) is 6.88. The molecule has 1 fully saturated rings. The van der Waals surface area contributed by atoms with Gasteiger partial charge in [-0.3, -0.25) is 19.3 Å². The second-order valence-corrected chi connectivity index (χ2v) is 13.9. The van der Waals surface area contributed by atoms with Crippen LogP contribution in [0.15, 0.2) is 103 Å². The number of esters is 1. The van der Waals surface area contributed by atoms with Crippen LogP contribution in [0, 0.1) is 5.92 Å². The first-order chi connectivity index (χ1) is 26.3. The highest BCUT2D eigenvalue weighted by Crippen LogP contribution is 2.27. The van der Waals surface area contributed by atoms with Gasteiger partial charge in [-0.15, -0.1) is 0 Å². The highest BCUT2D eigenvalue weighted by atomic mass is 16.5. The number of hydrogen-bond acceptors (Lipinski definition) is 6. The predicted octanol–water partition coefficient (Wildman–Crippen LogP) is 8.53. The molecule has 3 amide bonds. The van der Waals surface area contributed by atoms with Crippen molar-refractivity contribution in [1.29, 1.82) is 0 Å². The molecule has 4 aromatic rings. The van der Waals surface area contributed by atoms with Crippen LogP contribution in [0.5, 0.6) is 0 Å². The second-order valence-electron chi connectivity index (χ2n) is 13.9. The Morgan fingerprint density at radius 1 is 0.796 bits per heavy atom. The standard InChI is InChI=1S/C45H54N4O5/c1-4-6-7-8-14-28-46-45(53)48(3)38-19-15-18-37(32-38)34-24-22-33(23-25-34)31-41(43(51)49-29-26-36(27-30-49)44(52)54-5-2)47-40-21-13-12-20-39(40)42(50)35-16-10-9-11-17-35/h9-13,15-25,32,36,41,47H,4-8,14,26-31H2,1-3H3,(H,46,53). The Balaban J connectivity index is 1.31. The van der Waals surface area contributed by atoms with Crippen LogP contribution in [0.4, 0.5) is 16.2 Å². The predicted molar refractivity (Wildman–Crippen MR) is 216 cm³/mol. The molecule has 1 saturated heterocycles. The molecule has 1 aliphatic heterocycles. The lowest BCUT2D eigenvalue weighted by Crippen LogP contribution is -2.48. The number of benzene rings is 4. The third-order valence-electron chi connectivity index (χ3n) is 10.1. The van der Waals surface area contributed by atoms with Crippen LogP contribution in [0.2, 0.25) is 0 Å². The molecule has 5 rings (SSSR count). The molecule has 0 bridgehead atoms. The first kappa shape index (κ1) is 39.8. The Morgan fingerprint density at radius 2 is 1.50 bits per heavy atom. The topological polar surface area (TPSA) is 108 Å². The number of carbonyl (C=O) groups excluding carboxylic acids is 4. The van der Waals surface area contributed by atoms with Crippen molar-refractivity contribution in [2.75, 3.05) is 43.5 Å². The quantitative estimate of drug-likeness (QED) is 0.0641. The zero-order valence-corrected chi connectivity index (χ0v) is 31.9. The minimum atomic E-state index is -0.665. The van der Waals surface area contributed by atoms with Crippen molar-refractivity contribution < 1.29 is 23.9 Å². The first-order valence-corrected chi connectivity index (χ1v) is 19.4. The van der Waals surface area contributed by atoms with Crippen LogP contribution < -0.4 is 15.5 Å². The van der Waals surface area contributed by atoms with E-state index < -0.39 is 6.04 Å². The van der Waals surface area contributed by atoms with Gasteiger partial charge in [0.2, 0.25) is 5.91 Å². The van der Waals surface area contributed by atoms with Crippen LogP contribution in [0.25, 0.3) is 11.1 Å². The maximum Gasteiger partial charge on any atom is 0.321 e. The first-order valence-electron chi connectivity index (χ1n) is 19.4. The van der Waals surface area contributed by atoms with Crippen molar-refractivity contribution in [2.24, 2.45) is 5.92 Å². The Morgan fingerprint density at radius 3 is 2.22 bits per heavy atom. The van der Waals surface area contributed by atoms with E-state index in [9.17, 15) is 19.2 Å². The number of para-hydroxylation sites is 1. The van der Waals surface area contributed by atoms with Crippen molar-refractivity contribution in [3.05, 3.63) is 120 Å². The molecule has 1 aliphatic rings. The molecule has 1 atom stereocenters. The molecule has 54 heavy (non-hydrogen) atoms. The van der Waals surface area contributed by atoms with E-state index in [4.69, 9.17) is 4.74 Å². The maximum absolute atomic E-state index is 14.3. The monoisotopic (exact) mass is 730 g/mol. The number of nitrogens with one attached hydrogen (secondary N) is 2. The fraction of sp³-hybridized carbons (Fsp3) is 0.378. The molecular weight excluding hydrogens is 677 g/mol. The van der Waals surface area contributed by atoms with E-state index >= 15 is 0 Å². The number of carbonyl (C=O) groups is 4. The van der Waals surface area contributed by atoms with E-state index in [1.165, 1.54) is 19.3 Å². The van der Waals surface area contributed by atoms with Gasteiger partial charge in [0, 0.05) is 55.6 Å². The lowest BCUT2D eigenvalue weighted by Gasteiger charge is -2.34. The normalized spacial score (nSPS) is 13.5. The van der Waals surface area contributed by atoms with E-state index in [0.29, 0.717) is 62.3 Å². The number of piperidine rings is 1. The highest BCUT2D eigenvalue weighted by molar-refractivity contribution is 6.12. The molecule has 0 radical (unpaired) electrons. The van der Waals surface area contributed by atoms with Crippen molar-refractivity contribution in [3.63, 3.8) is 0 Å². The third kappa shape index (κ3) is 10.8. The minimum Gasteiger partial charge on any atom is -0.466 e. The number of amides is 3. The molecule has 1 unspecified atom stereocenters. The SMILES string of the molecule is CCCCCCCNC(=O)N(C)c1cccc(-c2ccc(CC(Nc3ccccc3C(=O)c3ccccc3)C(=O)N3CCC(C(=O)OCC)CC3)cc2)c1. The van der Waals surface area contributed by atoms with Gasteiger partial charge < -0.3 is 20.3 Å². The summed E-state index contributed by atoms with van der Waals surface area (Å²) in [7, 11) is 1.78. The minimum absolute atomic E-state index is 0.0849. The van der Waals surface area contributed by atoms with Gasteiger partial charge in [0.15, 0.2) is 5.78 Å². The zero-order chi connectivity index (χ0) is 38.3. The zero-order valence-electron chi connectivity index (χ0n) is 31.9. The molecule has 0 saturated carbocycles. The van der Waals surface area contributed by atoms with E-state index in [0.717, 1.165) is 35.2 Å². The van der Waals surface area contributed by atoms with Crippen molar-refractivity contribution in [1.82, 2.24) is 10.2 Å². The van der Waals surface area contributed by atoms with Gasteiger partial charge in [-0.2, -0.15) is 0 Å². The molecule has 2 N–H and O–H groups in total. The highest BCUT2D eigenvalue weighted by Gasteiger charge is 2.32. The molecule has 4 aromatic carbocycles. The van der Waals surface area contributed by atoms with Crippen LogP contribution in [0.1, 0.15) is 80.3 Å². The van der Waals surface area contributed by atoms with Crippen molar-refractivity contribution in [3.8, 4) is 11.1 Å². The summed E-state index contributed by atoms with van der Waals surface area (Å²) in [5.74, 6) is -0.637. The Bertz CT molecular complexity index is 1840. The van der Waals surface area contributed by atoms with Gasteiger partial charge in [0.25, 0.3) is 0 Å². The third-order valence-corrected chi connectivity index (χ3v) is 10.1. The Kier molecular flexibility index (Phi) is 14.8. The van der Waals surface area contributed by atoms with Crippen LogP contribution in [-0.4, -0.2) is 67.9 Å². The number of nitrogens with zero attached hydrogens (tertiary/aromatic N) is 2. The number of hydrogen-bond donors (Lipinski definition) is 2. The average molecular weight is 731 g/mol. The molecule has 1 heterocycles. The molecule has 9 heteroatoms. The summed E-state index contributed by atoms with van der Waals surface area (Å²) in [6.07, 6.45) is 7.17. The lowest BCUT2D eigenvalue weighted by atomic mass is 9.95. The molecule has 284 valence electrons. The smallest absolute Gasteiger partial charge is 0.321 e. The lowest BCUT2D eigenvalue weighted by molar-refractivity contribution is -0.151. The number of rotatable bonds is 17. The Labute approximate surface area is 320 Å². The summed E-state index contributed by atoms with van der Waals surface area (Å²) in [5.41, 5.74) is 5.35. The summed E-state index contributed by atoms with van der Waals surface area (Å²) < 4.78 is 5.25.